The monoisotopic (exact) mass is 266 g/mol. The van der Waals surface area contributed by atoms with Gasteiger partial charge in [0, 0.05) is 31.5 Å². The minimum Gasteiger partial charge on any atom is -0.507 e. The van der Waals surface area contributed by atoms with E-state index < -0.39 is 5.82 Å². The molecule has 1 aliphatic rings. The van der Waals surface area contributed by atoms with Gasteiger partial charge in [-0.3, -0.25) is 4.79 Å². The predicted molar refractivity (Wildman–Crippen MR) is 67.0 cm³/mol. The summed E-state index contributed by atoms with van der Waals surface area (Å²) in [6.07, 6.45) is 0.491. The molecule has 0 bridgehead atoms. The summed E-state index contributed by atoms with van der Waals surface area (Å²) in [5.41, 5.74) is 0.741. The molecule has 0 radical (unpaired) electrons. The highest BCUT2D eigenvalue weighted by atomic mass is 19.1. The van der Waals surface area contributed by atoms with E-state index in [2.05, 4.69) is 5.16 Å². The predicted octanol–water partition coefficient (Wildman–Crippen LogP) is 1.84. The molecule has 1 aromatic carbocycles. The van der Waals surface area contributed by atoms with E-state index in [0.29, 0.717) is 25.2 Å². The first kappa shape index (κ1) is 13.3. The molecule has 1 saturated heterocycles. The van der Waals surface area contributed by atoms with Crippen LogP contribution in [0, 0.1) is 11.7 Å². The van der Waals surface area contributed by atoms with Crippen LogP contribution < -0.4 is 0 Å². The van der Waals surface area contributed by atoms with Crippen LogP contribution in [0.25, 0.3) is 0 Å². The van der Waals surface area contributed by atoms with E-state index in [1.165, 1.54) is 6.07 Å². The van der Waals surface area contributed by atoms with Gasteiger partial charge in [0.15, 0.2) is 0 Å². The van der Waals surface area contributed by atoms with Gasteiger partial charge in [0.2, 0.25) is 0 Å². The van der Waals surface area contributed by atoms with E-state index >= 15 is 0 Å². The van der Waals surface area contributed by atoms with E-state index in [1.807, 2.05) is 6.92 Å². The Balaban J connectivity index is 2.17. The summed E-state index contributed by atoms with van der Waals surface area (Å²) >= 11 is 0. The van der Waals surface area contributed by atoms with Gasteiger partial charge in [-0.15, -0.1) is 0 Å². The molecule has 0 aliphatic carbocycles. The summed E-state index contributed by atoms with van der Waals surface area (Å²) in [5.74, 6) is -1.33. The van der Waals surface area contributed by atoms with Gasteiger partial charge in [-0.25, -0.2) is 4.39 Å². The molecule has 1 amide bonds. The molecular weight excluding hydrogens is 251 g/mol. The second kappa shape index (κ2) is 5.26. The average molecular weight is 266 g/mol. The SMILES string of the molecule is CC1CN(C(=O)c2ccc(F)cc2O)CC/C1=N\O. The number of phenols is 1. The number of aromatic hydroxyl groups is 1. The highest BCUT2D eigenvalue weighted by Crippen LogP contribution is 2.22. The third-order valence-electron chi connectivity index (χ3n) is 3.31. The summed E-state index contributed by atoms with van der Waals surface area (Å²) in [7, 11) is 0. The fourth-order valence-electron chi connectivity index (χ4n) is 2.21. The van der Waals surface area contributed by atoms with E-state index in [4.69, 9.17) is 5.21 Å². The zero-order valence-electron chi connectivity index (χ0n) is 10.5. The van der Waals surface area contributed by atoms with Gasteiger partial charge in [-0.2, -0.15) is 0 Å². The Morgan fingerprint density at radius 3 is 2.84 bits per heavy atom. The standard InChI is InChI=1S/C13H15FN2O3/c1-8-7-16(5-4-11(8)15-19)13(18)10-3-2-9(14)6-12(10)17/h2-3,6,8,17,19H,4-5,7H2,1H3/b15-11+. The molecule has 6 heteroatoms. The van der Waals surface area contributed by atoms with Gasteiger partial charge in [-0.1, -0.05) is 12.1 Å². The van der Waals surface area contributed by atoms with Crippen molar-refractivity contribution in [1.82, 2.24) is 4.90 Å². The Hall–Kier alpha value is -2.11. The lowest BCUT2D eigenvalue weighted by atomic mass is 9.97. The molecular formula is C13H15FN2O3. The van der Waals surface area contributed by atoms with Gasteiger partial charge in [-0.05, 0) is 12.1 Å². The fraction of sp³-hybridized carbons (Fsp3) is 0.385. The van der Waals surface area contributed by atoms with Gasteiger partial charge < -0.3 is 15.2 Å². The number of nitrogens with zero attached hydrogens (tertiary/aromatic N) is 2. The maximum absolute atomic E-state index is 12.9. The van der Waals surface area contributed by atoms with Crippen molar-refractivity contribution >= 4 is 11.6 Å². The number of rotatable bonds is 1. The maximum atomic E-state index is 12.9. The third-order valence-corrected chi connectivity index (χ3v) is 3.31. The number of benzene rings is 1. The van der Waals surface area contributed by atoms with Crippen LogP contribution in [0.2, 0.25) is 0 Å². The molecule has 2 N–H and O–H groups in total. The van der Waals surface area contributed by atoms with Crippen molar-refractivity contribution in [3.05, 3.63) is 29.6 Å². The van der Waals surface area contributed by atoms with Crippen molar-refractivity contribution in [3.63, 3.8) is 0 Å². The van der Waals surface area contributed by atoms with Crippen LogP contribution in [0.4, 0.5) is 4.39 Å². The molecule has 1 aromatic rings. The first-order chi connectivity index (χ1) is 9.02. The molecule has 0 spiro atoms. The van der Waals surface area contributed by atoms with E-state index in [0.717, 1.165) is 12.1 Å². The van der Waals surface area contributed by atoms with Crippen LogP contribution >= 0.6 is 0 Å². The molecule has 1 atom stereocenters. The van der Waals surface area contributed by atoms with Crippen LogP contribution in [-0.2, 0) is 0 Å². The highest BCUT2D eigenvalue weighted by molar-refractivity contribution is 5.98. The Morgan fingerprint density at radius 2 is 2.26 bits per heavy atom. The number of likely N-dealkylation sites (tertiary alicyclic amines) is 1. The number of hydrogen-bond acceptors (Lipinski definition) is 4. The largest absolute Gasteiger partial charge is 0.507 e. The minimum atomic E-state index is -0.587. The van der Waals surface area contributed by atoms with Gasteiger partial charge >= 0.3 is 0 Å². The highest BCUT2D eigenvalue weighted by Gasteiger charge is 2.27. The van der Waals surface area contributed by atoms with E-state index in [1.54, 1.807) is 4.90 Å². The summed E-state index contributed by atoms with van der Waals surface area (Å²) in [6, 6.07) is 3.33. The Labute approximate surface area is 110 Å². The van der Waals surface area contributed by atoms with Gasteiger partial charge in [0.1, 0.15) is 11.6 Å². The van der Waals surface area contributed by atoms with Crippen LogP contribution in [0.3, 0.4) is 0 Å². The van der Waals surface area contributed by atoms with Crippen molar-refractivity contribution in [1.29, 1.82) is 0 Å². The molecule has 1 unspecified atom stereocenters. The molecule has 1 fully saturated rings. The van der Waals surface area contributed by atoms with Crippen LogP contribution in [-0.4, -0.2) is 39.9 Å². The number of phenolic OH excluding ortho intramolecular Hbond substituents is 1. The first-order valence-electron chi connectivity index (χ1n) is 6.01. The van der Waals surface area contributed by atoms with Gasteiger partial charge in [0.05, 0.1) is 11.3 Å². The first-order valence-corrected chi connectivity index (χ1v) is 6.01. The zero-order chi connectivity index (χ0) is 14.0. The number of halogens is 1. The molecule has 102 valence electrons. The van der Waals surface area contributed by atoms with Crippen molar-refractivity contribution in [2.75, 3.05) is 13.1 Å². The topological polar surface area (TPSA) is 73.1 Å². The lowest BCUT2D eigenvalue weighted by molar-refractivity contribution is 0.0731. The van der Waals surface area contributed by atoms with E-state index in [9.17, 15) is 14.3 Å². The summed E-state index contributed by atoms with van der Waals surface area (Å²) in [6.45, 7) is 2.69. The maximum Gasteiger partial charge on any atom is 0.257 e. The molecule has 5 nitrogen and oxygen atoms in total. The molecule has 2 rings (SSSR count). The second-order valence-corrected chi connectivity index (χ2v) is 4.66. The molecule has 1 aliphatic heterocycles. The van der Waals surface area contributed by atoms with E-state index in [-0.39, 0.29) is 23.1 Å². The number of piperidine rings is 1. The Morgan fingerprint density at radius 1 is 1.53 bits per heavy atom. The van der Waals surface area contributed by atoms with Crippen molar-refractivity contribution in [3.8, 4) is 5.75 Å². The number of hydrogen-bond donors (Lipinski definition) is 2. The van der Waals surface area contributed by atoms with Crippen LogP contribution in [0.5, 0.6) is 5.75 Å². The quantitative estimate of drug-likeness (QED) is 0.601. The summed E-state index contributed by atoms with van der Waals surface area (Å²) < 4.78 is 12.9. The van der Waals surface area contributed by atoms with Crippen molar-refractivity contribution in [2.24, 2.45) is 11.1 Å². The second-order valence-electron chi connectivity index (χ2n) is 4.66. The van der Waals surface area contributed by atoms with Crippen LogP contribution in [0.15, 0.2) is 23.4 Å². The normalized spacial score (nSPS) is 21.7. The number of oxime groups is 1. The number of carbonyl (C=O) groups excluding carboxylic acids is 1. The number of carbonyl (C=O) groups is 1. The molecule has 19 heavy (non-hydrogen) atoms. The fourth-order valence-corrected chi connectivity index (χ4v) is 2.21. The molecule has 1 heterocycles. The van der Waals surface area contributed by atoms with Crippen LogP contribution in [0.1, 0.15) is 23.7 Å². The number of amides is 1. The smallest absolute Gasteiger partial charge is 0.257 e. The Bertz CT molecular complexity index is 531. The summed E-state index contributed by atoms with van der Waals surface area (Å²) in [4.78, 5) is 13.8. The average Bonchev–Trinajstić information content (AvgIpc) is 2.38. The summed E-state index contributed by atoms with van der Waals surface area (Å²) in [5, 5.41) is 21.6. The van der Waals surface area contributed by atoms with Crippen molar-refractivity contribution < 1.29 is 19.5 Å². The minimum absolute atomic E-state index is 0.0368. The lowest BCUT2D eigenvalue weighted by Gasteiger charge is -2.31. The van der Waals surface area contributed by atoms with Crippen molar-refractivity contribution in [2.45, 2.75) is 13.3 Å². The lowest BCUT2D eigenvalue weighted by Crippen LogP contribution is -2.43. The Kier molecular flexibility index (Phi) is 3.69. The third kappa shape index (κ3) is 2.67. The van der Waals surface area contributed by atoms with Gasteiger partial charge in [0.25, 0.3) is 5.91 Å². The molecule has 0 saturated carbocycles. The molecule has 0 aromatic heterocycles. The zero-order valence-corrected chi connectivity index (χ0v) is 10.5.